The lowest BCUT2D eigenvalue weighted by atomic mass is 9.58. The van der Waals surface area contributed by atoms with Crippen LogP contribution in [0.15, 0.2) is 23.3 Å². The largest absolute Gasteiger partial charge is 0.451 e. The third kappa shape index (κ3) is 1.43. The molecule has 0 amide bonds. The first-order chi connectivity index (χ1) is 8.79. The molecule has 0 bridgehead atoms. The van der Waals surface area contributed by atoms with Crippen molar-refractivity contribution < 1.29 is 19.4 Å². The van der Waals surface area contributed by atoms with E-state index in [1.807, 2.05) is 0 Å². The highest BCUT2D eigenvalue weighted by Crippen LogP contribution is 2.56. The summed E-state index contributed by atoms with van der Waals surface area (Å²) in [6.45, 7) is 7.53. The van der Waals surface area contributed by atoms with Crippen molar-refractivity contribution in [1.82, 2.24) is 0 Å². The summed E-state index contributed by atoms with van der Waals surface area (Å²) in [5.41, 5.74) is 0.103. The number of carbonyl (C=O) groups excluding carboxylic acids is 2. The fourth-order valence-electron chi connectivity index (χ4n) is 3.74. The molecule has 3 rings (SSSR count). The van der Waals surface area contributed by atoms with Gasteiger partial charge in [-0.15, -0.1) is 0 Å². The number of carbonyl (C=O) groups is 2. The first-order valence-electron chi connectivity index (χ1n) is 6.67. The van der Waals surface area contributed by atoms with Crippen molar-refractivity contribution in [3.63, 3.8) is 0 Å². The number of hydrogen-bond donors (Lipinski definition) is 1. The lowest BCUT2D eigenvalue weighted by Crippen LogP contribution is -2.51. The van der Waals surface area contributed by atoms with Crippen LogP contribution in [0.25, 0.3) is 0 Å². The maximum Gasteiger partial charge on any atom is 0.337 e. The van der Waals surface area contributed by atoms with E-state index >= 15 is 0 Å². The molecule has 1 aliphatic heterocycles. The SMILES string of the molecule is C=C1C(=O)O[C@H]2C3=C(C)C(=O)CC[C@]3(C)CC[C@@]12O. The van der Waals surface area contributed by atoms with Crippen molar-refractivity contribution in [3.8, 4) is 0 Å². The Hall–Kier alpha value is -1.42. The number of hydrogen-bond acceptors (Lipinski definition) is 4. The van der Waals surface area contributed by atoms with Gasteiger partial charge in [-0.3, -0.25) is 4.79 Å². The van der Waals surface area contributed by atoms with Gasteiger partial charge in [0.1, 0.15) is 5.60 Å². The van der Waals surface area contributed by atoms with Crippen LogP contribution in [0, 0.1) is 5.41 Å². The molecule has 0 aromatic heterocycles. The first kappa shape index (κ1) is 12.6. The molecule has 19 heavy (non-hydrogen) atoms. The molecule has 4 nitrogen and oxygen atoms in total. The average molecular weight is 262 g/mol. The monoisotopic (exact) mass is 262 g/mol. The molecule has 102 valence electrons. The average Bonchev–Trinajstić information content (AvgIpc) is 2.59. The van der Waals surface area contributed by atoms with Gasteiger partial charge in [0, 0.05) is 6.42 Å². The van der Waals surface area contributed by atoms with E-state index < -0.39 is 17.7 Å². The van der Waals surface area contributed by atoms with Gasteiger partial charge in [-0.25, -0.2) is 4.79 Å². The van der Waals surface area contributed by atoms with Gasteiger partial charge < -0.3 is 9.84 Å². The van der Waals surface area contributed by atoms with Gasteiger partial charge in [-0.2, -0.15) is 0 Å². The highest BCUT2D eigenvalue weighted by Gasteiger charge is 2.60. The Morgan fingerprint density at radius 2 is 2.00 bits per heavy atom. The van der Waals surface area contributed by atoms with Gasteiger partial charge >= 0.3 is 5.97 Å². The first-order valence-corrected chi connectivity index (χ1v) is 6.67. The quantitative estimate of drug-likeness (QED) is 0.533. The Morgan fingerprint density at radius 1 is 1.32 bits per heavy atom. The molecule has 4 heteroatoms. The number of ether oxygens (including phenoxy) is 1. The van der Waals surface area contributed by atoms with Gasteiger partial charge in [0.15, 0.2) is 11.9 Å². The summed E-state index contributed by atoms with van der Waals surface area (Å²) in [4.78, 5) is 23.7. The number of aliphatic hydroxyl groups is 1. The Morgan fingerprint density at radius 3 is 2.68 bits per heavy atom. The van der Waals surface area contributed by atoms with E-state index in [1.54, 1.807) is 6.92 Å². The topological polar surface area (TPSA) is 63.6 Å². The fraction of sp³-hybridized carbons (Fsp3) is 0.600. The van der Waals surface area contributed by atoms with E-state index in [0.717, 1.165) is 18.4 Å². The molecule has 2 aliphatic carbocycles. The second kappa shape index (κ2) is 3.57. The predicted molar refractivity (Wildman–Crippen MR) is 68.3 cm³/mol. The standard InChI is InChI=1S/C15H18O4/c1-8-10(16)4-5-14(3)6-7-15(18)9(2)13(17)19-12(15)11(8)14/h12,18H,2,4-7H2,1,3H3/t12-,14+,15+/m0/s1. The number of Topliss-reactive ketones (excluding diaryl/α,β-unsaturated/α-hetero) is 1. The summed E-state index contributed by atoms with van der Waals surface area (Å²) < 4.78 is 5.34. The van der Waals surface area contributed by atoms with Crippen LogP contribution in [-0.2, 0) is 14.3 Å². The maximum absolute atomic E-state index is 11.9. The Bertz CT molecular complexity index is 544. The summed E-state index contributed by atoms with van der Waals surface area (Å²) in [7, 11) is 0. The molecule has 0 aromatic rings. The Balaban J connectivity index is 2.18. The molecule has 1 saturated heterocycles. The van der Waals surface area contributed by atoms with Crippen molar-refractivity contribution in [2.45, 2.75) is 51.2 Å². The van der Waals surface area contributed by atoms with Crippen molar-refractivity contribution in [2.24, 2.45) is 5.41 Å². The van der Waals surface area contributed by atoms with Crippen LogP contribution in [0.1, 0.15) is 39.5 Å². The summed E-state index contributed by atoms with van der Waals surface area (Å²) in [5.74, 6) is -0.458. The second-order valence-corrected chi connectivity index (χ2v) is 6.21. The summed E-state index contributed by atoms with van der Waals surface area (Å²) >= 11 is 0. The minimum atomic E-state index is -1.33. The fourth-order valence-corrected chi connectivity index (χ4v) is 3.74. The molecular formula is C15H18O4. The molecule has 0 spiro atoms. The molecular weight excluding hydrogens is 244 g/mol. The van der Waals surface area contributed by atoms with Crippen LogP contribution in [0.5, 0.6) is 0 Å². The van der Waals surface area contributed by atoms with Crippen molar-refractivity contribution in [2.75, 3.05) is 0 Å². The highest BCUT2D eigenvalue weighted by atomic mass is 16.6. The molecule has 3 atom stereocenters. The summed E-state index contributed by atoms with van der Waals surface area (Å²) in [6.07, 6.45) is 1.77. The normalized spacial score (nSPS) is 42.1. The Labute approximate surface area is 112 Å². The molecule has 1 saturated carbocycles. The highest BCUT2D eigenvalue weighted by molar-refractivity contribution is 5.98. The second-order valence-electron chi connectivity index (χ2n) is 6.21. The third-order valence-electron chi connectivity index (χ3n) is 5.12. The maximum atomic E-state index is 11.9. The molecule has 2 fully saturated rings. The number of rotatable bonds is 0. The minimum Gasteiger partial charge on any atom is -0.451 e. The van der Waals surface area contributed by atoms with E-state index in [9.17, 15) is 14.7 Å². The van der Waals surface area contributed by atoms with Crippen LogP contribution in [0.2, 0.25) is 0 Å². The van der Waals surface area contributed by atoms with Crippen molar-refractivity contribution in [1.29, 1.82) is 0 Å². The number of esters is 1. The van der Waals surface area contributed by atoms with Crippen LogP contribution >= 0.6 is 0 Å². The van der Waals surface area contributed by atoms with Crippen LogP contribution in [0.4, 0.5) is 0 Å². The van der Waals surface area contributed by atoms with E-state index in [-0.39, 0.29) is 16.8 Å². The molecule has 0 aromatic carbocycles. The van der Waals surface area contributed by atoms with Gasteiger partial charge in [-0.1, -0.05) is 13.5 Å². The van der Waals surface area contributed by atoms with Gasteiger partial charge in [-0.05, 0) is 42.7 Å². The lowest BCUT2D eigenvalue weighted by Gasteiger charge is -2.48. The van der Waals surface area contributed by atoms with E-state index in [2.05, 4.69) is 13.5 Å². The zero-order valence-electron chi connectivity index (χ0n) is 11.3. The van der Waals surface area contributed by atoms with E-state index in [0.29, 0.717) is 18.4 Å². The third-order valence-corrected chi connectivity index (χ3v) is 5.12. The lowest BCUT2D eigenvalue weighted by molar-refractivity contribution is -0.142. The Kier molecular flexibility index (Phi) is 2.37. The minimum absolute atomic E-state index is 0.0882. The van der Waals surface area contributed by atoms with Gasteiger partial charge in [0.2, 0.25) is 0 Å². The van der Waals surface area contributed by atoms with Crippen molar-refractivity contribution >= 4 is 11.8 Å². The molecule has 0 radical (unpaired) electrons. The van der Waals surface area contributed by atoms with Crippen LogP contribution in [0.3, 0.4) is 0 Å². The van der Waals surface area contributed by atoms with Gasteiger partial charge in [0.25, 0.3) is 0 Å². The predicted octanol–water partition coefficient (Wildman–Crippen LogP) is 1.68. The smallest absolute Gasteiger partial charge is 0.337 e. The zero-order valence-corrected chi connectivity index (χ0v) is 11.3. The molecule has 1 N–H and O–H groups in total. The molecule has 0 unspecified atom stereocenters. The zero-order chi connectivity index (χ0) is 14.0. The van der Waals surface area contributed by atoms with Crippen LogP contribution < -0.4 is 0 Å². The number of ketones is 1. The summed E-state index contributed by atoms with van der Waals surface area (Å²) in [6, 6.07) is 0. The van der Waals surface area contributed by atoms with E-state index in [1.165, 1.54) is 0 Å². The van der Waals surface area contributed by atoms with Crippen LogP contribution in [-0.4, -0.2) is 28.6 Å². The molecule has 1 heterocycles. The summed E-state index contributed by atoms with van der Waals surface area (Å²) in [5, 5.41) is 10.7. The van der Waals surface area contributed by atoms with Gasteiger partial charge in [0.05, 0.1) is 5.57 Å². The number of fused-ring (bicyclic) bond motifs is 3. The van der Waals surface area contributed by atoms with E-state index in [4.69, 9.17) is 4.74 Å². The van der Waals surface area contributed by atoms with Crippen molar-refractivity contribution in [3.05, 3.63) is 23.3 Å². The molecule has 3 aliphatic rings. The number of allylic oxidation sites excluding steroid dienone is 1.